The van der Waals surface area contributed by atoms with Crippen LogP contribution < -0.4 is 5.32 Å². The number of carbonyl (C=O) groups is 2. The molecule has 0 bridgehead atoms. The maximum absolute atomic E-state index is 13.0. The number of carbonyl (C=O) groups excluding carboxylic acids is 2. The van der Waals surface area contributed by atoms with Gasteiger partial charge in [0.15, 0.2) is 0 Å². The normalized spacial score (nSPS) is 17.2. The van der Waals surface area contributed by atoms with E-state index in [-0.39, 0.29) is 17.9 Å². The van der Waals surface area contributed by atoms with Crippen LogP contribution in [0.2, 0.25) is 0 Å². The van der Waals surface area contributed by atoms with Crippen LogP contribution in [0.4, 0.5) is 0 Å². The largest absolute Gasteiger partial charge is 0.355 e. The van der Waals surface area contributed by atoms with E-state index in [1.165, 1.54) is 0 Å². The second-order valence-electron chi connectivity index (χ2n) is 7.29. The molecule has 0 aliphatic carbocycles. The van der Waals surface area contributed by atoms with Crippen LogP contribution in [-0.2, 0) is 15.0 Å². The zero-order chi connectivity index (χ0) is 18.4. The lowest BCUT2D eigenvalue weighted by Crippen LogP contribution is -2.57. The van der Waals surface area contributed by atoms with Crippen LogP contribution in [0.3, 0.4) is 0 Å². The molecule has 1 aliphatic rings. The van der Waals surface area contributed by atoms with Crippen molar-refractivity contribution in [3.05, 3.63) is 35.9 Å². The van der Waals surface area contributed by atoms with Gasteiger partial charge in [0.1, 0.15) is 0 Å². The van der Waals surface area contributed by atoms with Crippen molar-refractivity contribution in [3.63, 3.8) is 0 Å². The molecule has 1 aromatic carbocycles. The number of benzene rings is 1. The number of amides is 2. The lowest BCUT2D eigenvalue weighted by Gasteiger charge is -2.40. The number of rotatable bonds is 6. The van der Waals surface area contributed by atoms with Crippen molar-refractivity contribution in [2.45, 2.75) is 45.6 Å². The number of nitrogens with zero attached hydrogens (tertiary/aromatic N) is 2. The van der Waals surface area contributed by atoms with Gasteiger partial charge in [-0.1, -0.05) is 37.3 Å². The molecule has 1 fully saturated rings. The molecule has 5 nitrogen and oxygen atoms in total. The second kappa shape index (κ2) is 8.48. The molecular formula is C20H31N3O2. The summed E-state index contributed by atoms with van der Waals surface area (Å²) in [7, 11) is 0. The zero-order valence-corrected chi connectivity index (χ0v) is 15.9. The molecule has 5 heteroatoms. The van der Waals surface area contributed by atoms with Gasteiger partial charge < -0.3 is 10.2 Å². The van der Waals surface area contributed by atoms with E-state index in [1.807, 2.05) is 62.9 Å². The van der Waals surface area contributed by atoms with Crippen molar-refractivity contribution in [1.82, 2.24) is 15.1 Å². The van der Waals surface area contributed by atoms with Crippen LogP contribution in [0, 0.1) is 0 Å². The smallest absolute Gasteiger partial charge is 0.237 e. The van der Waals surface area contributed by atoms with Gasteiger partial charge in [-0.25, -0.2) is 0 Å². The van der Waals surface area contributed by atoms with E-state index in [9.17, 15) is 9.59 Å². The van der Waals surface area contributed by atoms with Gasteiger partial charge in [0.25, 0.3) is 0 Å². The van der Waals surface area contributed by atoms with Gasteiger partial charge in [-0.2, -0.15) is 0 Å². The zero-order valence-electron chi connectivity index (χ0n) is 15.9. The standard InChI is InChI=1S/C20H31N3O2/c1-5-11-21-18(24)16(2)22-12-14-23(15-13-22)19(25)20(3,4)17-9-7-6-8-10-17/h6-10,16H,5,11-15H2,1-4H3,(H,21,24)/t16-/m1/s1. The Labute approximate surface area is 151 Å². The van der Waals surface area contributed by atoms with Gasteiger partial charge in [0, 0.05) is 32.7 Å². The number of piperazine rings is 1. The minimum atomic E-state index is -0.534. The Morgan fingerprint density at radius 1 is 1.12 bits per heavy atom. The van der Waals surface area contributed by atoms with Gasteiger partial charge in [0.2, 0.25) is 11.8 Å². The highest BCUT2D eigenvalue weighted by Gasteiger charge is 2.36. The van der Waals surface area contributed by atoms with E-state index in [2.05, 4.69) is 10.2 Å². The molecule has 0 spiro atoms. The maximum atomic E-state index is 13.0. The highest BCUT2D eigenvalue weighted by molar-refractivity contribution is 5.87. The molecule has 1 aromatic rings. The van der Waals surface area contributed by atoms with Crippen LogP contribution in [-0.4, -0.2) is 60.4 Å². The third-order valence-electron chi connectivity index (χ3n) is 5.11. The monoisotopic (exact) mass is 345 g/mol. The van der Waals surface area contributed by atoms with Crippen molar-refractivity contribution in [1.29, 1.82) is 0 Å². The Morgan fingerprint density at radius 2 is 1.72 bits per heavy atom. The molecule has 138 valence electrons. The molecule has 2 amide bonds. The van der Waals surface area contributed by atoms with Gasteiger partial charge in [-0.3, -0.25) is 14.5 Å². The fraction of sp³-hybridized carbons (Fsp3) is 0.600. The Kier molecular flexibility index (Phi) is 6.59. The fourth-order valence-corrected chi connectivity index (χ4v) is 3.25. The first-order valence-electron chi connectivity index (χ1n) is 9.24. The molecule has 1 atom stereocenters. The summed E-state index contributed by atoms with van der Waals surface area (Å²) in [6.07, 6.45) is 0.940. The third-order valence-corrected chi connectivity index (χ3v) is 5.11. The molecule has 25 heavy (non-hydrogen) atoms. The number of nitrogens with one attached hydrogen (secondary N) is 1. The summed E-state index contributed by atoms with van der Waals surface area (Å²) in [6.45, 7) is 11.5. The minimum Gasteiger partial charge on any atom is -0.355 e. The molecule has 1 saturated heterocycles. The predicted octanol–water partition coefficient (Wildman–Crippen LogP) is 2.02. The average molecular weight is 345 g/mol. The van der Waals surface area contributed by atoms with Crippen LogP contribution in [0.15, 0.2) is 30.3 Å². The van der Waals surface area contributed by atoms with Crippen molar-refractivity contribution in [2.75, 3.05) is 32.7 Å². The summed E-state index contributed by atoms with van der Waals surface area (Å²) in [6, 6.07) is 9.78. The van der Waals surface area contributed by atoms with Crippen molar-refractivity contribution < 1.29 is 9.59 Å². The van der Waals surface area contributed by atoms with Gasteiger partial charge in [-0.15, -0.1) is 0 Å². The maximum Gasteiger partial charge on any atom is 0.237 e. The Morgan fingerprint density at radius 3 is 2.28 bits per heavy atom. The first kappa shape index (κ1) is 19.4. The summed E-state index contributed by atoms with van der Waals surface area (Å²) in [4.78, 5) is 29.2. The number of hydrogen-bond acceptors (Lipinski definition) is 3. The Hall–Kier alpha value is -1.88. The highest BCUT2D eigenvalue weighted by Crippen LogP contribution is 2.26. The molecule has 1 aliphatic heterocycles. The lowest BCUT2D eigenvalue weighted by molar-refractivity contribution is -0.139. The van der Waals surface area contributed by atoms with E-state index in [4.69, 9.17) is 0 Å². The topological polar surface area (TPSA) is 52.7 Å². The van der Waals surface area contributed by atoms with E-state index in [0.717, 1.165) is 25.1 Å². The second-order valence-corrected chi connectivity index (χ2v) is 7.29. The van der Waals surface area contributed by atoms with Crippen molar-refractivity contribution >= 4 is 11.8 Å². The van der Waals surface area contributed by atoms with Crippen molar-refractivity contribution in [2.24, 2.45) is 0 Å². The molecule has 1 N–H and O–H groups in total. The van der Waals surface area contributed by atoms with Crippen LogP contribution in [0.1, 0.15) is 39.7 Å². The first-order chi connectivity index (χ1) is 11.9. The van der Waals surface area contributed by atoms with Crippen molar-refractivity contribution in [3.8, 4) is 0 Å². The number of hydrogen-bond donors (Lipinski definition) is 1. The van der Waals surface area contributed by atoms with Gasteiger partial charge >= 0.3 is 0 Å². The highest BCUT2D eigenvalue weighted by atomic mass is 16.2. The third kappa shape index (κ3) is 4.60. The van der Waals surface area contributed by atoms with E-state index in [0.29, 0.717) is 19.6 Å². The quantitative estimate of drug-likeness (QED) is 0.858. The van der Waals surface area contributed by atoms with Crippen LogP contribution >= 0.6 is 0 Å². The molecule has 2 rings (SSSR count). The van der Waals surface area contributed by atoms with E-state index >= 15 is 0 Å². The van der Waals surface area contributed by atoms with Gasteiger partial charge in [-0.05, 0) is 32.8 Å². The molecule has 0 unspecified atom stereocenters. The van der Waals surface area contributed by atoms with Crippen LogP contribution in [0.5, 0.6) is 0 Å². The lowest BCUT2D eigenvalue weighted by atomic mass is 9.83. The summed E-state index contributed by atoms with van der Waals surface area (Å²) in [5.74, 6) is 0.229. The molecule has 0 radical (unpaired) electrons. The molecule has 1 heterocycles. The fourth-order valence-electron chi connectivity index (χ4n) is 3.25. The average Bonchev–Trinajstić information content (AvgIpc) is 2.65. The SMILES string of the molecule is CCCNC(=O)[C@@H](C)N1CCN(C(=O)C(C)(C)c2ccccc2)CC1. The molecule has 0 aromatic heterocycles. The Balaban J connectivity index is 1.93. The Bertz CT molecular complexity index is 578. The minimum absolute atomic E-state index is 0.0752. The van der Waals surface area contributed by atoms with Gasteiger partial charge in [0.05, 0.1) is 11.5 Å². The summed E-state index contributed by atoms with van der Waals surface area (Å²) in [5.41, 5.74) is 0.503. The molecule has 0 saturated carbocycles. The predicted molar refractivity (Wildman–Crippen MR) is 100 cm³/mol. The van der Waals surface area contributed by atoms with E-state index < -0.39 is 5.41 Å². The van der Waals surface area contributed by atoms with Crippen LogP contribution in [0.25, 0.3) is 0 Å². The summed E-state index contributed by atoms with van der Waals surface area (Å²) in [5, 5.41) is 2.95. The molecular weight excluding hydrogens is 314 g/mol. The summed E-state index contributed by atoms with van der Waals surface area (Å²) < 4.78 is 0. The van der Waals surface area contributed by atoms with E-state index in [1.54, 1.807) is 0 Å². The summed E-state index contributed by atoms with van der Waals surface area (Å²) >= 11 is 0. The first-order valence-corrected chi connectivity index (χ1v) is 9.24.